The molecule has 11 heteroatoms. The van der Waals surface area contributed by atoms with Gasteiger partial charge in [0.1, 0.15) is 17.4 Å². The summed E-state index contributed by atoms with van der Waals surface area (Å²) in [6.45, 7) is 2.93. The Hall–Kier alpha value is -4.38. The highest BCUT2D eigenvalue weighted by Crippen LogP contribution is 2.34. The van der Waals surface area contributed by atoms with Gasteiger partial charge in [0.05, 0.1) is 19.7 Å². The quantitative estimate of drug-likeness (QED) is 0.439. The Bertz CT molecular complexity index is 1300. The number of piperazine rings is 1. The molecule has 0 atom stereocenters. The van der Waals surface area contributed by atoms with Crippen LogP contribution in [0, 0.1) is 0 Å². The number of fused-ring (bicyclic) bond motifs is 1. The fourth-order valence-electron chi connectivity index (χ4n) is 3.89. The number of methoxy groups -OCH3 is 2. The number of nitrogen functional groups attached to an aromatic ring is 1. The van der Waals surface area contributed by atoms with E-state index in [0.717, 1.165) is 37.4 Å². The SMILES string of the molecule is COc1cc2nc(N3CCN(c4ccnc(Oc5ccccc5)n4)CC3)nc(N)c2cc1OC.O. The molecule has 182 valence electrons. The minimum Gasteiger partial charge on any atom is -0.493 e. The van der Waals surface area contributed by atoms with Crippen LogP contribution in [0.3, 0.4) is 0 Å². The Morgan fingerprint density at radius 1 is 0.829 bits per heavy atom. The highest BCUT2D eigenvalue weighted by atomic mass is 16.5. The first-order valence-corrected chi connectivity index (χ1v) is 10.9. The van der Waals surface area contributed by atoms with Crippen molar-refractivity contribution in [2.24, 2.45) is 0 Å². The first kappa shape index (κ1) is 23.8. The van der Waals surface area contributed by atoms with Crippen molar-refractivity contribution in [3.05, 3.63) is 54.7 Å². The summed E-state index contributed by atoms with van der Waals surface area (Å²) < 4.78 is 16.6. The second kappa shape index (κ2) is 10.3. The molecule has 2 aromatic carbocycles. The van der Waals surface area contributed by atoms with E-state index in [0.29, 0.717) is 40.5 Å². The van der Waals surface area contributed by atoms with Gasteiger partial charge in [-0.25, -0.2) is 9.97 Å². The van der Waals surface area contributed by atoms with Crippen LogP contribution in [0.25, 0.3) is 10.9 Å². The summed E-state index contributed by atoms with van der Waals surface area (Å²) in [7, 11) is 3.18. The van der Waals surface area contributed by atoms with Crippen molar-refractivity contribution in [1.29, 1.82) is 0 Å². The lowest BCUT2D eigenvalue weighted by Crippen LogP contribution is -2.47. The average molecular weight is 478 g/mol. The maximum absolute atomic E-state index is 6.26. The topological polar surface area (TPSA) is 143 Å². The third-order valence-electron chi connectivity index (χ3n) is 5.68. The summed E-state index contributed by atoms with van der Waals surface area (Å²) in [6, 6.07) is 15.3. The van der Waals surface area contributed by atoms with E-state index in [2.05, 4.69) is 24.8 Å². The van der Waals surface area contributed by atoms with Gasteiger partial charge >= 0.3 is 6.01 Å². The Kier molecular flexibility index (Phi) is 6.97. The number of hydrogen-bond donors (Lipinski definition) is 1. The highest BCUT2D eigenvalue weighted by molar-refractivity contribution is 5.91. The van der Waals surface area contributed by atoms with Crippen molar-refractivity contribution < 1.29 is 19.7 Å². The lowest BCUT2D eigenvalue weighted by Gasteiger charge is -2.35. The molecule has 4 N–H and O–H groups in total. The maximum Gasteiger partial charge on any atom is 0.323 e. The molecule has 0 radical (unpaired) electrons. The van der Waals surface area contributed by atoms with Gasteiger partial charge in [-0.15, -0.1) is 0 Å². The van der Waals surface area contributed by atoms with Crippen molar-refractivity contribution in [3.63, 3.8) is 0 Å². The van der Waals surface area contributed by atoms with E-state index in [1.54, 1.807) is 26.5 Å². The molecule has 0 saturated carbocycles. The van der Waals surface area contributed by atoms with Gasteiger partial charge in [0, 0.05) is 43.8 Å². The van der Waals surface area contributed by atoms with E-state index in [4.69, 9.17) is 24.9 Å². The third kappa shape index (κ3) is 4.94. The fraction of sp³-hybridized carbons (Fsp3) is 0.250. The largest absolute Gasteiger partial charge is 0.493 e. The summed E-state index contributed by atoms with van der Waals surface area (Å²) in [5, 5.41) is 0.729. The van der Waals surface area contributed by atoms with Crippen molar-refractivity contribution in [1.82, 2.24) is 19.9 Å². The molecule has 11 nitrogen and oxygen atoms in total. The second-order valence-electron chi connectivity index (χ2n) is 7.72. The van der Waals surface area contributed by atoms with E-state index in [1.165, 1.54) is 0 Å². The molecule has 0 spiro atoms. The lowest BCUT2D eigenvalue weighted by atomic mass is 10.2. The van der Waals surface area contributed by atoms with Crippen molar-refractivity contribution in [2.75, 3.05) is 55.9 Å². The van der Waals surface area contributed by atoms with Crippen LogP contribution in [0.15, 0.2) is 54.7 Å². The van der Waals surface area contributed by atoms with E-state index >= 15 is 0 Å². The van der Waals surface area contributed by atoms with Gasteiger partial charge in [0.25, 0.3) is 0 Å². The van der Waals surface area contributed by atoms with Crippen molar-refractivity contribution in [3.8, 4) is 23.3 Å². The summed E-state index contributed by atoms with van der Waals surface area (Å²) in [6.07, 6.45) is 1.71. The molecular weight excluding hydrogens is 450 g/mol. The minimum absolute atomic E-state index is 0. The number of nitrogens with zero attached hydrogens (tertiary/aromatic N) is 6. The number of aromatic nitrogens is 4. The number of rotatable bonds is 6. The molecule has 3 heterocycles. The Morgan fingerprint density at radius 3 is 2.23 bits per heavy atom. The molecule has 1 aliphatic heterocycles. The molecule has 0 bridgehead atoms. The van der Waals surface area contributed by atoms with Gasteiger partial charge < -0.3 is 35.2 Å². The first-order valence-electron chi connectivity index (χ1n) is 10.9. The molecule has 0 unspecified atom stereocenters. The molecular formula is C24H27N7O4. The normalized spacial score (nSPS) is 13.3. The van der Waals surface area contributed by atoms with Crippen LogP contribution in [-0.2, 0) is 0 Å². The zero-order valence-electron chi connectivity index (χ0n) is 19.5. The van der Waals surface area contributed by atoms with E-state index < -0.39 is 0 Å². The first-order chi connectivity index (χ1) is 16.6. The van der Waals surface area contributed by atoms with E-state index in [1.807, 2.05) is 42.5 Å². The number of hydrogen-bond acceptors (Lipinski definition) is 10. The number of para-hydroxylation sites is 1. The Labute approximate surface area is 202 Å². The van der Waals surface area contributed by atoms with Crippen LogP contribution in [-0.4, -0.2) is 65.8 Å². The number of anilines is 3. The standard InChI is InChI=1S/C24H25N7O3.H2O/c1-32-19-14-17-18(15-20(19)33-2)27-23(29-22(17)25)31-12-10-30(11-13-31)21-8-9-26-24(28-21)34-16-6-4-3-5-7-16;/h3-9,14-15H,10-13H2,1-2H3,(H2,25,27,29);1H2. The summed E-state index contributed by atoms with van der Waals surface area (Å²) in [5.74, 6) is 3.70. The second-order valence-corrected chi connectivity index (χ2v) is 7.72. The van der Waals surface area contributed by atoms with Gasteiger partial charge in [-0.05, 0) is 24.3 Å². The van der Waals surface area contributed by atoms with Crippen LogP contribution in [0.2, 0.25) is 0 Å². The highest BCUT2D eigenvalue weighted by Gasteiger charge is 2.22. The smallest absolute Gasteiger partial charge is 0.323 e. The van der Waals surface area contributed by atoms with Gasteiger partial charge in [0.2, 0.25) is 5.95 Å². The monoisotopic (exact) mass is 477 g/mol. The molecule has 0 amide bonds. The van der Waals surface area contributed by atoms with Crippen LogP contribution in [0.1, 0.15) is 0 Å². The zero-order chi connectivity index (χ0) is 23.5. The molecule has 2 aromatic heterocycles. The van der Waals surface area contributed by atoms with E-state index in [-0.39, 0.29) is 5.48 Å². The van der Waals surface area contributed by atoms with Gasteiger partial charge in [-0.1, -0.05) is 18.2 Å². The van der Waals surface area contributed by atoms with E-state index in [9.17, 15) is 0 Å². The molecule has 1 saturated heterocycles. The summed E-state index contributed by atoms with van der Waals surface area (Å²) >= 11 is 0. The number of ether oxygens (including phenoxy) is 3. The van der Waals surface area contributed by atoms with Crippen molar-refractivity contribution in [2.45, 2.75) is 0 Å². The fourth-order valence-corrected chi connectivity index (χ4v) is 3.89. The average Bonchev–Trinajstić information content (AvgIpc) is 2.88. The van der Waals surface area contributed by atoms with Crippen LogP contribution >= 0.6 is 0 Å². The molecule has 0 aliphatic carbocycles. The van der Waals surface area contributed by atoms with Crippen LogP contribution in [0.4, 0.5) is 17.6 Å². The van der Waals surface area contributed by atoms with Gasteiger partial charge in [-0.2, -0.15) is 9.97 Å². The Balaban J connectivity index is 0.00000289. The molecule has 1 aliphatic rings. The molecule has 5 rings (SSSR count). The zero-order valence-corrected chi connectivity index (χ0v) is 19.5. The maximum atomic E-state index is 6.26. The van der Waals surface area contributed by atoms with Gasteiger partial charge in [0.15, 0.2) is 11.5 Å². The van der Waals surface area contributed by atoms with Crippen LogP contribution in [0.5, 0.6) is 23.3 Å². The molecule has 1 fully saturated rings. The predicted octanol–water partition coefficient (Wildman–Crippen LogP) is 2.31. The number of benzene rings is 2. The van der Waals surface area contributed by atoms with Crippen molar-refractivity contribution >= 4 is 28.5 Å². The summed E-state index contributed by atoms with van der Waals surface area (Å²) in [4.78, 5) is 22.4. The summed E-state index contributed by atoms with van der Waals surface area (Å²) in [5.41, 5.74) is 6.97. The molecule has 35 heavy (non-hydrogen) atoms. The lowest BCUT2D eigenvalue weighted by molar-refractivity contribution is 0.356. The number of nitrogens with two attached hydrogens (primary N) is 1. The molecule has 4 aromatic rings. The van der Waals surface area contributed by atoms with Crippen LogP contribution < -0.4 is 29.7 Å². The minimum atomic E-state index is 0. The van der Waals surface area contributed by atoms with Gasteiger partial charge in [-0.3, -0.25) is 0 Å². The predicted molar refractivity (Wildman–Crippen MR) is 134 cm³/mol. The Morgan fingerprint density at radius 2 is 1.51 bits per heavy atom. The third-order valence-corrected chi connectivity index (χ3v) is 5.68.